The molecule has 1 aliphatic heterocycles. The number of hydrogen-bond donors (Lipinski definition) is 1. The molecule has 1 aliphatic carbocycles. The number of thiophene rings is 1. The number of amides is 1. The molecule has 21 heavy (non-hydrogen) atoms. The van der Waals surface area contributed by atoms with Crippen LogP contribution in [0, 0.1) is 5.92 Å². The Labute approximate surface area is 131 Å². The average Bonchev–Trinajstić information content (AvgIpc) is 3.14. The molecule has 116 valence electrons. The highest BCUT2D eigenvalue weighted by Gasteiger charge is 2.38. The lowest BCUT2D eigenvalue weighted by Gasteiger charge is -2.27. The molecule has 2 unspecified atom stereocenters. The summed E-state index contributed by atoms with van der Waals surface area (Å²) in [4.78, 5) is 14.7. The monoisotopic (exact) mass is 306 g/mol. The molecule has 1 saturated heterocycles. The van der Waals surface area contributed by atoms with Crippen molar-refractivity contribution in [2.24, 2.45) is 5.92 Å². The minimum atomic E-state index is 0.00116. The normalized spacial score (nSPS) is 27.5. The van der Waals surface area contributed by atoms with Gasteiger partial charge in [0.25, 0.3) is 0 Å². The Morgan fingerprint density at radius 3 is 2.81 bits per heavy atom. The van der Waals surface area contributed by atoms with Crippen molar-refractivity contribution in [2.45, 2.75) is 64.1 Å². The fourth-order valence-corrected chi connectivity index (χ4v) is 4.39. The van der Waals surface area contributed by atoms with Crippen LogP contribution in [-0.2, 0) is 4.79 Å². The summed E-state index contributed by atoms with van der Waals surface area (Å²) in [5, 5.41) is 7.77. The van der Waals surface area contributed by atoms with Crippen LogP contribution in [0.3, 0.4) is 0 Å². The van der Waals surface area contributed by atoms with Gasteiger partial charge in [-0.3, -0.25) is 10.1 Å². The Morgan fingerprint density at radius 1 is 1.33 bits per heavy atom. The lowest BCUT2D eigenvalue weighted by atomic mass is 9.87. The van der Waals surface area contributed by atoms with Gasteiger partial charge >= 0.3 is 0 Å². The number of nitrogens with one attached hydrogen (secondary N) is 1. The zero-order valence-electron chi connectivity index (χ0n) is 12.9. The summed E-state index contributed by atoms with van der Waals surface area (Å²) in [6.45, 7) is 3.00. The minimum Gasteiger partial charge on any atom is -0.322 e. The molecular formula is C17H26N2OS. The summed E-state index contributed by atoms with van der Waals surface area (Å²) in [5.74, 6) is 1.12. The number of hydrogen-bond acceptors (Lipinski definition) is 3. The molecule has 0 spiro atoms. The minimum absolute atomic E-state index is 0.00116. The molecule has 2 heterocycles. The first-order chi connectivity index (χ1) is 10.3. The zero-order valence-corrected chi connectivity index (χ0v) is 13.7. The van der Waals surface area contributed by atoms with E-state index in [2.05, 4.69) is 34.0 Å². The van der Waals surface area contributed by atoms with E-state index in [1.807, 2.05) is 0 Å². The quantitative estimate of drug-likeness (QED) is 0.894. The highest BCUT2D eigenvalue weighted by molar-refractivity contribution is 7.07. The van der Waals surface area contributed by atoms with Gasteiger partial charge in [-0.15, -0.1) is 0 Å². The van der Waals surface area contributed by atoms with E-state index in [-0.39, 0.29) is 12.2 Å². The first-order valence-electron chi connectivity index (χ1n) is 8.38. The van der Waals surface area contributed by atoms with Gasteiger partial charge in [0.2, 0.25) is 5.91 Å². The smallest absolute Gasteiger partial charge is 0.241 e. The largest absolute Gasteiger partial charge is 0.322 e. The van der Waals surface area contributed by atoms with Crippen molar-refractivity contribution in [2.75, 3.05) is 6.54 Å². The van der Waals surface area contributed by atoms with Gasteiger partial charge < -0.3 is 4.90 Å². The second kappa shape index (κ2) is 6.93. The van der Waals surface area contributed by atoms with Gasteiger partial charge in [0.1, 0.15) is 6.17 Å². The molecule has 4 heteroatoms. The van der Waals surface area contributed by atoms with Crippen molar-refractivity contribution >= 4 is 17.2 Å². The third kappa shape index (κ3) is 3.32. The topological polar surface area (TPSA) is 32.3 Å². The van der Waals surface area contributed by atoms with Gasteiger partial charge in [-0.2, -0.15) is 11.3 Å². The van der Waals surface area contributed by atoms with Crippen LogP contribution in [0.4, 0.5) is 0 Å². The van der Waals surface area contributed by atoms with Crippen LogP contribution in [-0.4, -0.2) is 23.4 Å². The van der Waals surface area contributed by atoms with Gasteiger partial charge in [-0.25, -0.2) is 0 Å². The summed E-state index contributed by atoms with van der Waals surface area (Å²) in [6.07, 6.45) is 9.01. The summed E-state index contributed by atoms with van der Waals surface area (Å²) in [7, 11) is 0. The van der Waals surface area contributed by atoms with E-state index in [9.17, 15) is 4.79 Å². The second-order valence-electron chi connectivity index (χ2n) is 6.41. The van der Waals surface area contributed by atoms with Crippen molar-refractivity contribution in [1.82, 2.24) is 10.2 Å². The van der Waals surface area contributed by atoms with Crippen molar-refractivity contribution in [3.63, 3.8) is 0 Å². The van der Waals surface area contributed by atoms with Crippen molar-refractivity contribution in [3.05, 3.63) is 22.4 Å². The van der Waals surface area contributed by atoms with Crippen molar-refractivity contribution in [3.8, 4) is 0 Å². The fraction of sp³-hybridized carbons (Fsp3) is 0.706. The third-order valence-electron chi connectivity index (χ3n) is 5.02. The van der Waals surface area contributed by atoms with Crippen LogP contribution in [0.15, 0.2) is 16.8 Å². The molecule has 1 amide bonds. The maximum Gasteiger partial charge on any atom is 0.241 e. The summed E-state index contributed by atoms with van der Waals surface area (Å²) in [5.41, 5.74) is 1.24. The summed E-state index contributed by atoms with van der Waals surface area (Å²) in [6, 6.07) is 2.14. The molecule has 1 aromatic rings. The van der Waals surface area contributed by atoms with Crippen LogP contribution in [0.5, 0.6) is 0 Å². The molecule has 1 aromatic heterocycles. The lowest BCUT2D eigenvalue weighted by Crippen LogP contribution is -2.33. The Balaban J connectivity index is 1.65. The number of carbonyl (C=O) groups is 1. The number of nitrogens with zero attached hydrogens (tertiary/aromatic N) is 1. The van der Waals surface area contributed by atoms with Crippen LogP contribution >= 0.6 is 11.3 Å². The van der Waals surface area contributed by atoms with E-state index in [0.29, 0.717) is 5.91 Å². The van der Waals surface area contributed by atoms with E-state index in [1.165, 1.54) is 44.1 Å². The fourth-order valence-electron chi connectivity index (χ4n) is 3.72. The Bertz CT molecular complexity index is 453. The molecule has 0 radical (unpaired) electrons. The van der Waals surface area contributed by atoms with Gasteiger partial charge in [-0.05, 0) is 41.1 Å². The summed E-state index contributed by atoms with van der Waals surface area (Å²) < 4.78 is 0. The lowest BCUT2D eigenvalue weighted by molar-refractivity contribution is -0.130. The Morgan fingerprint density at radius 2 is 2.14 bits per heavy atom. The van der Waals surface area contributed by atoms with Crippen molar-refractivity contribution in [1.29, 1.82) is 0 Å². The molecule has 3 nitrogen and oxygen atoms in total. The van der Waals surface area contributed by atoms with Gasteiger partial charge in [-0.1, -0.05) is 39.0 Å². The molecule has 1 saturated carbocycles. The van der Waals surface area contributed by atoms with Gasteiger partial charge in [0, 0.05) is 6.54 Å². The standard InChI is InChI=1S/C17H26N2OS/c1-2-15-17(20)19(10-8-13-6-4-3-5-7-13)16(18-15)14-9-11-21-12-14/h9,11-13,15-16,18H,2-8,10H2,1H3. The van der Waals surface area contributed by atoms with E-state index in [0.717, 1.165) is 18.9 Å². The molecule has 2 aliphatic rings. The third-order valence-corrected chi connectivity index (χ3v) is 5.72. The molecular weight excluding hydrogens is 280 g/mol. The first kappa shape index (κ1) is 15.0. The molecule has 2 fully saturated rings. The second-order valence-corrected chi connectivity index (χ2v) is 7.19. The average molecular weight is 306 g/mol. The number of carbonyl (C=O) groups excluding carboxylic acids is 1. The van der Waals surface area contributed by atoms with Gasteiger partial charge in [0.05, 0.1) is 6.04 Å². The van der Waals surface area contributed by atoms with E-state index in [1.54, 1.807) is 11.3 Å². The van der Waals surface area contributed by atoms with Crippen LogP contribution in [0.1, 0.15) is 63.6 Å². The predicted molar refractivity (Wildman–Crippen MR) is 87.2 cm³/mol. The maximum absolute atomic E-state index is 12.6. The van der Waals surface area contributed by atoms with E-state index >= 15 is 0 Å². The van der Waals surface area contributed by atoms with E-state index < -0.39 is 0 Å². The van der Waals surface area contributed by atoms with Crippen molar-refractivity contribution < 1.29 is 4.79 Å². The predicted octanol–water partition coefficient (Wildman–Crippen LogP) is 3.93. The molecule has 0 bridgehead atoms. The molecule has 2 atom stereocenters. The number of rotatable bonds is 5. The van der Waals surface area contributed by atoms with E-state index in [4.69, 9.17) is 0 Å². The maximum atomic E-state index is 12.6. The van der Waals surface area contributed by atoms with Gasteiger partial charge in [0.15, 0.2) is 0 Å². The Hall–Kier alpha value is -0.870. The first-order valence-corrected chi connectivity index (χ1v) is 9.32. The molecule has 3 rings (SSSR count). The molecule has 0 aromatic carbocycles. The van der Waals surface area contributed by atoms with Crippen LogP contribution < -0.4 is 5.32 Å². The zero-order chi connectivity index (χ0) is 14.7. The highest BCUT2D eigenvalue weighted by Crippen LogP contribution is 2.31. The van der Waals surface area contributed by atoms with Crippen LogP contribution in [0.25, 0.3) is 0 Å². The Kier molecular flexibility index (Phi) is 4.96. The highest BCUT2D eigenvalue weighted by atomic mass is 32.1. The summed E-state index contributed by atoms with van der Waals surface area (Å²) >= 11 is 1.71. The van der Waals surface area contributed by atoms with Crippen LogP contribution in [0.2, 0.25) is 0 Å². The molecule has 1 N–H and O–H groups in total. The SMILES string of the molecule is CCC1NC(c2ccsc2)N(CCC2CCCCC2)C1=O.